The van der Waals surface area contributed by atoms with E-state index in [0.29, 0.717) is 0 Å². The molecule has 0 aromatic carbocycles. The minimum absolute atomic E-state index is 0. The van der Waals surface area contributed by atoms with Gasteiger partial charge in [0.05, 0.1) is 0 Å². The summed E-state index contributed by atoms with van der Waals surface area (Å²) in [5.41, 5.74) is 0. The molecule has 0 spiro atoms. The van der Waals surface area contributed by atoms with E-state index in [2.05, 4.69) is 38.5 Å². The Bertz CT molecular complexity index is 330. The van der Waals surface area contributed by atoms with E-state index in [1.54, 1.807) is 23.7 Å². The molecule has 8 aliphatic rings. The summed E-state index contributed by atoms with van der Waals surface area (Å²) in [6, 6.07) is 0. The van der Waals surface area contributed by atoms with Crippen LogP contribution in [0.15, 0.2) is 0 Å². The van der Waals surface area contributed by atoms with Gasteiger partial charge in [-0.1, -0.05) is 0 Å². The van der Waals surface area contributed by atoms with Gasteiger partial charge in [-0.15, -0.1) is 0 Å². The molecule has 8 fully saturated rings. The first-order valence-corrected chi connectivity index (χ1v) is 8.35. The molecule has 8 saturated carbocycles. The zero-order valence-electron chi connectivity index (χ0n) is 12.4. The summed E-state index contributed by atoms with van der Waals surface area (Å²) in [6.45, 7) is 0. The molecule has 0 heterocycles. The van der Waals surface area contributed by atoms with E-state index >= 15 is 0 Å². The predicted molar refractivity (Wildman–Crippen MR) is 80.4 cm³/mol. The number of hydrogen-bond donors (Lipinski definition) is 0. The van der Waals surface area contributed by atoms with E-state index in [0.717, 1.165) is 23.7 Å². The van der Waals surface area contributed by atoms with Crippen molar-refractivity contribution in [1.82, 2.24) is 0 Å². The van der Waals surface area contributed by atoms with Crippen LogP contribution < -0.4 is 0 Å². The standard InChI is InChI=1S/2C10H11.Fe/c2*1-2-8-4-7-5-9(6-7)10(8)3-1;/h2*1-3,7,9H,4-6H2;. The van der Waals surface area contributed by atoms with Crippen molar-refractivity contribution in [2.45, 2.75) is 38.5 Å². The van der Waals surface area contributed by atoms with Crippen molar-refractivity contribution in [3.8, 4) is 0 Å². The maximum Gasteiger partial charge on any atom is 0 e. The Morgan fingerprint density at radius 1 is 0.619 bits per heavy atom. The molecule has 1 heteroatoms. The summed E-state index contributed by atoms with van der Waals surface area (Å²) in [7, 11) is 0. The van der Waals surface area contributed by atoms with Gasteiger partial charge in [-0.3, -0.25) is 0 Å². The van der Waals surface area contributed by atoms with Crippen LogP contribution in [0.4, 0.5) is 0 Å². The van der Waals surface area contributed by atoms with Gasteiger partial charge in [-0.2, -0.15) is 0 Å². The van der Waals surface area contributed by atoms with Crippen molar-refractivity contribution in [1.29, 1.82) is 0 Å². The normalized spacial score (nSPS) is 44.6. The summed E-state index contributed by atoms with van der Waals surface area (Å²) < 4.78 is 0. The molecule has 110 valence electrons. The van der Waals surface area contributed by atoms with Gasteiger partial charge in [-0.25, -0.2) is 0 Å². The summed E-state index contributed by atoms with van der Waals surface area (Å²) in [4.78, 5) is 0. The Hall–Kier alpha value is 0.519. The number of hydrogen-bond acceptors (Lipinski definition) is 0. The van der Waals surface area contributed by atoms with Crippen LogP contribution in [0, 0.1) is 85.9 Å². The molecule has 4 bridgehead atoms. The van der Waals surface area contributed by atoms with Gasteiger partial charge >= 0.3 is 0 Å². The summed E-state index contributed by atoms with van der Waals surface area (Å²) >= 11 is 0. The monoisotopic (exact) mass is 318 g/mol. The average Bonchev–Trinajstić information content (AvgIpc) is 3.05. The van der Waals surface area contributed by atoms with Gasteiger partial charge in [0, 0.05) is 17.1 Å². The SMILES string of the molecule is [CH]1[CH][C]2CC3CC(C3)[C]2[CH]1.[CH]1[CH][C]2CC3CC(C3)[C]2[CH]1.[Fe]. The molecule has 0 saturated heterocycles. The van der Waals surface area contributed by atoms with Crippen LogP contribution >= 0.6 is 0 Å². The van der Waals surface area contributed by atoms with Crippen molar-refractivity contribution in [3.05, 3.63) is 62.2 Å². The summed E-state index contributed by atoms with van der Waals surface area (Å²) in [6.07, 6.45) is 22.3. The van der Waals surface area contributed by atoms with E-state index in [4.69, 9.17) is 0 Å². The van der Waals surface area contributed by atoms with E-state index in [1.165, 1.54) is 38.5 Å². The van der Waals surface area contributed by atoms with E-state index in [1.807, 2.05) is 0 Å². The van der Waals surface area contributed by atoms with Crippen LogP contribution in [-0.2, 0) is 17.1 Å². The molecule has 0 atom stereocenters. The molecule has 0 unspecified atom stereocenters. The van der Waals surface area contributed by atoms with Crippen LogP contribution in [0.3, 0.4) is 0 Å². The smallest absolute Gasteiger partial charge is 0 e. The Kier molecular flexibility index (Phi) is 4.21. The quantitative estimate of drug-likeness (QED) is 0.582. The molecular weight excluding hydrogens is 296 g/mol. The van der Waals surface area contributed by atoms with Crippen LogP contribution in [-0.4, -0.2) is 0 Å². The Balaban J connectivity index is 0.000000105. The van der Waals surface area contributed by atoms with Gasteiger partial charge in [0.1, 0.15) is 0 Å². The topological polar surface area (TPSA) is 0 Å². The Morgan fingerprint density at radius 3 is 1.43 bits per heavy atom. The van der Waals surface area contributed by atoms with Gasteiger partial charge in [-0.05, 0) is 124 Å². The van der Waals surface area contributed by atoms with Crippen molar-refractivity contribution in [2.75, 3.05) is 0 Å². The Morgan fingerprint density at radius 2 is 1.05 bits per heavy atom. The zero-order chi connectivity index (χ0) is 13.1. The van der Waals surface area contributed by atoms with E-state index in [9.17, 15) is 0 Å². The second-order valence-electron chi connectivity index (χ2n) is 7.49. The Labute approximate surface area is 141 Å². The van der Waals surface area contributed by atoms with Crippen LogP contribution in [0.2, 0.25) is 0 Å². The second-order valence-corrected chi connectivity index (χ2v) is 7.49. The predicted octanol–water partition coefficient (Wildman–Crippen LogP) is 4.38. The minimum Gasteiger partial charge on any atom is -0.0470 e. The fraction of sp³-hybridized carbons (Fsp3) is 0.500. The maximum atomic E-state index is 2.31. The molecule has 10 radical (unpaired) electrons. The number of rotatable bonds is 0. The minimum atomic E-state index is 0. The molecule has 8 rings (SSSR count). The third kappa shape index (κ3) is 2.55. The van der Waals surface area contributed by atoms with Crippen LogP contribution in [0.1, 0.15) is 38.5 Å². The van der Waals surface area contributed by atoms with Crippen molar-refractivity contribution in [3.63, 3.8) is 0 Å². The average molecular weight is 318 g/mol. The molecule has 21 heavy (non-hydrogen) atoms. The molecule has 0 amide bonds. The van der Waals surface area contributed by atoms with Crippen LogP contribution in [0.25, 0.3) is 0 Å². The second kappa shape index (κ2) is 5.86. The molecule has 0 aromatic heterocycles. The van der Waals surface area contributed by atoms with Gasteiger partial charge < -0.3 is 0 Å². The molecular formula is C20H22Fe. The third-order valence-corrected chi connectivity index (χ3v) is 6.26. The fourth-order valence-corrected chi connectivity index (χ4v) is 5.05. The molecule has 8 aliphatic carbocycles. The first-order valence-electron chi connectivity index (χ1n) is 8.35. The van der Waals surface area contributed by atoms with Crippen molar-refractivity contribution in [2.24, 2.45) is 23.7 Å². The molecule has 0 aliphatic heterocycles. The fourth-order valence-electron chi connectivity index (χ4n) is 5.05. The van der Waals surface area contributed by atoms with Gasteiger partial charge in [0.15, 0.2) is 0 Å². The van der Waals surface area contributed by atoms with Crippen molar-refractivity contribution >= 4 is 0 Å². The first kappa shape index (κ1) is 15.1. The molecule has 0 aromatic rings. The maximum absolute atomic E-state index is 2.31. The third-order valence-electron chi connectivity index (χ3n) is 6.26. The van der Waals surface area contributed by atoms with E-state index < -0.39 is 0 Å². The van der Waals surface area contributed by atoms with E-state index in [-0.39, 0.29) is 17.1 Å². The van der Waals surface area contributed by atoms with Crippen LogP contribution in [0.5, 0.6) is 0 Å². The zero-order valence-corrected chi connectivity index (χ0v) is 13.5. The first-order chi connectivity index (χ1) is 9.87. The molecule has 0 nitrogen and oxygen atoms in total. The van der Waals surface area contributed by atoms with Gasteiger partial charge in [0.25, 0.3) is 0 Å². The summed E-state index contributed by atoms with van der Waals surface area (Å²) in [5.74, 6) is 10.7. The largest absolute Gasteiger partial charge is 0.0470 e. The molecule has 0 N–H and O–H groups in total. The van der Waals surface area contributed by atoms with Gasteiger partial charge in [0.2, 0.25) is 0 Å². The van der Waals surface area contributed by atoms with Crippen molar-refractivity contribution < 1.29 is 17.1 Å². The summed E-state index contributed by atoms with van der Waals surface area (Å²) in [5, 5.41) is 0.